The fourth-order valence-electron chi connectivity index (χ4n) is 2.85. The van der Waals surface area contributed by atoms with Gasteiger partial charge < -0.3 is 10.6 Å². The molecule has 0 radical (unpaired) electrons. The van der Waals surface area contributed by atoms with E-state index in [1.807, 2.05) is 0 Å². The number of aromatic nitrogens is 2. The molecule has 5 nitrogen and oxygen atoms in total. The molecular weight excluding hydrogens is 278 g/mol. The van der Waals surface area contributed by atoms with E-state index in [9.17, 15) is 13.6 Å². The number of hydrogen-bond donors (Lipinski definition) is 2. The Labute approximate surface area is 123 Å². The van der Waals surface area contributed by atoms with Gasteiger partial charge in [0.15, 0.2) is 0 Å². The average molecular weight is 300 g/mol. The highest BCUT2D eigenvalue weighted by Crippen LogP contribution is 2.20. The summed E-state index contributed by atoms with van der Waals surface area (Å²) in [7, 11) is 0. The average Bonchev–Trinajstić information content (AvgIpc) is 2.67. The molecular formula is C14H22F2N4O. The first-order chi connectivity index (χ1) is 9.88. The fraction of sp³-hybridized carbons (Fsp3) is 0.714. The van der Waals surface area contributed by atoms with E-state index < -0.39 is 6.55 Å². The van der Waals surface area contributed by atoms with Crippen LogP contribution in [0.25, 0.3) is 0 Å². The van der Waals surface area contributed by atoms with Crippen LogP contribution in [0.3, 0.4) is 0 Å². The Morgan fingerprint density at radius 3 is 2.81 bits per heavy atom. The molecule has 2 N–H and O–H groups in total. The zero-order chi connectivity index (χ0) is 15.6. The quantitative estimate of drug-likeness (QED) is 0.890. The van der Waals surface area contributed by atoms with Gasteiger partial charge in [0, 0.05) is 23.3 Å². The van der Waals surface area contributed by atoms with Crippen LogP contribution >= 0.6 is 0 Å². The summed E-state index contributed by atoms with van der Waals surface area (Å²) in [6.45, 7) is 3.51. The molecule has 2 heterocycles. The van der Waals surface area contributed by atoms with Crippen molar-refractivity contribution >= 4 is 5.91 Å². The lowest BCUT2D eigenvalue weighted by Crippen LogP contribution is -2.47. The van der Waals surface area contributed by atoms with Gasteiger partial charge in [0.2, 0.25) is 5.91 Å². The molecule has 0 bridgehead atoms. The number of hydrogen-bond acceptors (Lipinski definition) is 3. The number of nitrogens with one attached hydrogen (secondary N) is 2. The van der Waals surface area contributed by atoms with Crippen molar-refractivity contribution in [1.29, 1.82) is 0 Å². The normalized spacial score (nSPS) is 22.6. The largest absolute Gasteiger partial charge is 0.353 e. The zero-order valence-corrected chi connectivity index (χ0v) is 12.6. The van der Waals surface area contributed by atoms with Gasteiger partial charge in [0.1, 0.15) is 0 Å². The summed E-state index contributed by atoms with van der Waals surface area (Å²) in [5.74, 6) is -0.130. The van der Waals surface area contributed by atoms with Crippen molar-refractivity contribution in [2.75, 3.05) is 6.54 Å². The SMILES string of the molecule is Cc1nn(C(F)F)c(C)c1CC(=O)NC1CCNC(C)C1. The molecule has 2 unspecified atom stereocenters. The van der Waals surface area contributed by atoms with E-state index in [1.54, 1.807) is 13.8 Å². The van der Waals surface area contributed by atoms with E-state index >= 15 is 0 Å². The Morgan fingerprint density at radius 1 is 1.52 bits per heavy atom. The highest BCUT2D eigenvalue weighted by Gasteiger charge is 2.22. The number of amides is 1. The van der Waals surface area contributed by atoms with Gasteiger partial charge in [-0.1, -0.05) is 0 Å². The second-order valence-corrected chi connectivity index (χ2v) is 5.69. The molecule has 1 amide bonds. The number of nitrogens with zero attached hydrogens (tertiary/aromatic N) is 2. The Balaban J connectivity index is 1.99. The van der Waals surface area contributed by atoms with Gasteiger partial charge in [-0.15, -0.1) is 0 Å². The second-order valence-electron chi connectivity index (χ2n) is 5.69. The minimum atomic E-state index is -2.68. The van der Waals surface area contributed by atoms with Crippen molar-refractivity contribution in [3.8, 4) is 0 Å². The van der Waals surface area contributed by atoms with Crippen molar-refractivity contribution in [3.05, 3.63) is 17.0 Å². The molecule has 1 aromatic heterocycles. The van der Waals surface area contributed by atoms with Crippen molar-refractivity contribution in [2.45, 2.75) is 58.7 Å². The summed E-state index contributed by atoms with van der Waals surface area (Å²) in [6.07, 6.45) is 1.88. The topological polar surface area (TPSA) is 59.0 Å². The van der Waals surface area contributed by atoms with E-state index in [1.165, 1.54) is 0 Å². The van der Waals surface area contributed by atoms with Crippen LogP contribution in [0.2, 0.25) is 0 Å². The maximum atomic E-state index is 12.8. The first-order valence-corrected chi connectivity index (χ1v) is 7.24. The van der Waals surface area contributed by atoms with Gasteiger partial charge in [-0.3, -0.25) is 4.79 Å². The Bertz CT molecular complexity index is 515. The number of halogens is 2. The minimum Gasteiger partial charge on any atom is -0.353 e. The number of carbonyl (C=O) groups is 1. The molecule has 7 heteroatoms. The van der Waals surface area contributed by atoms with Crippen LogP contribution in [0.5, 0.6) is 0 Å². The lowest BCUT2D eigenvalue weighted by Gasteiger charge is -2.28. The van der Waals surface area contributed by atoms with Crippen LogP contribution in [-0.2, 0) is 11.2 Å². The predicted octanol–water partition coefficient (Wildman–Crippen LogP) is 1.69. The van der Waals surface area contributed by atoms with Crippen LogP contribution in [0, 0.1) is 13.8 Å². The summed E-state index contributed by atoms with van der Waals surface area (Å²) in [4.78, 5) is 12.1. The van der Waals surface area contributed by atoms with Gasteiger partial charge in [0.05, 0.1) is 12.1 Å². The van der Waals surface area contributed by atoms with Gasteiger partial charge in [-0.2, -0.15) is 13.9 Å². The molecule has 0 spiro atoms. The van der Waals surface area contributed by atoms with Crippen LogP contribution < -0.4 is 10.6 Å². The maximum absolute atomic E-state index is 12.8. The number of carbonyl (C=O) groups excluding carboxylic acids is 1. The van der Waals surface area contributed by atoms with Crippen LogP contribution in [0.1, 0.15) is 43.3 Å². The van der Waals surface area contributed by atoms with Crippen molar-refractivity contribution in [1.82, 2.24) is 20.4 Å². The number of rotatable bonds is 4. The molecule has 1 saturated heterocycles. The first-order valence-electron chi connectivity index (χ1n) is 7.24. The summed E-state index contributed by atoms with van der Waals surface area (Å²) < 4.78 is 26.2. The maximum Gasteiger partial charge on any atom is 0.333 e. The van der Waals surface area contributed by atoms with Gasteiger partial charge in [-0.05, 0) is 40.2 Å². The minimum absolute atomic E-state index is 0.0999. The molecule has 1 aromatic rings. The predicted molar refractivity (Wildman–Crippen MR) is 75.3 cm³/mol. The molecule has 0 aromatic carbocycles. The van der Waals surface area contributed by atoms with E-state index in [4.69, 9.17) is 0 Å². The van der Waals surface area contributed by atoms with Crippen LogP contribution in [-0.4, -0.2) is 34.3 Å². The van der Waals surface area contributed by atoms with Crippen molar-refractivity contribution in [3.63, 3.8) is 0 Å². The Kier molecular flexibility index (Phi) is 4.92. The molecule has 21 heavy (non-hydrogen) atoms. The summed E-state index contributed by atoms with van der Waals surface area (Å²) in [5, 5.41) is 10.1. The lowest BCUT2D eigenvalue weighted by atomic mass is 10.00. The third-order valence-corrected chi connectivity index (χ3v) is 3.99. The fourth-order valence-corrected chi connectivity index (χ4v) is 2.85. The molecule has 2 rings (SSSR count). The monoisotopic (exact) mass is 300 g/mol. The number of aryl methyl sites for hydroxylation is 1. The van der Waals surface area contributed by atoms with E-state index in [0.29, 0.717) is 27.7 Å². The molecule has 118 valence electrons. The Hall–Kier alpha value is -1.50. The molecule has 1 fully saturated rings. The van der Waals surface area contributed by atoms with Gasteiger partial charge >= 0.3 is 6.55 Å². The van der Waals surface area contributed by atoms with Crippen molar-refractivity contribution in [2.24, 2.45) is 0 Å². The van der Waals surface area contributed by atoms with Crippen LogP contribution in [0.4, 0.5) is 8.78 Å². The molecule has 0 aliphatic carbocycles. The smallest absolute Gasteiger partial charge is 0.333 e. The summed E-state index contributed by atoms with van der Waals surface area (Å²) >= 11 is 0. The highest BCUT2D eigenvalue weighted by molar-refractivity contribution is 5.79. The van der Waals surface area contributed by atoms with Gasteiger partial charge in [-0.25, -0.2) is 4.68 Å². The molecule has 1 aliphatic heterocycles. The molecule has 2 atom stereocenters. The summed E-state index contributed by atoms with van der Waals surface area (Å²) in [5.41, 5.74) is 1.44. The van der Waals surface area contributed by atoms with E-state index in [-0.39, 0.29) is 18.4 Å². The standard InChI is InChI=1S/C14H22F2N4O/c1-8-6-11(4-5-17-8)18-13(21)7-12-9(2)19-20(10(12)3)14(15)16/h8,11,14,17H,4-7H2,1-3H3,(H,18,21). The van der Waals surface area contributed by atoms with Crippen LogP contribution in [0.15, 0.2) is 0 Å². The zero-order valence-electron chi connectivity index (χ0n) is 12.6. The van der Waals surface area contributed by atoms with E-state index in [0.717, 1.165) is 19.4 Å². The van der Waals surface area contributed by atoms with Crippen molar-refractivity contribution < 1.29 is 13.6 Å². The summed E-state index contributed by atoms with van der Waals surface area (Å²) in [6, 6.07) is 0.536. The molecule has 1 aliphatic rings. The lowest BCUT2D eigenvalue weighted by molar-refractivity contribution is -0.121. The Morgan fingerprint density at radius 2 is 2.24 bits per heavy atom. The number of alkyl halides is 2. The second kappa shape index (κ2) is 6.51. The third kappa shape index (κ3) is 3.78. The molecule has 0 saturated carbocycles. The third-order valence-electron chi connectivity index (χ3n) is 3.99. The first kappa shape index (κ1) is 15.9. The van der Waals surface area contributed by atoms with Gasteiger partial charge in [0.25, 0.3) is 0 Å². The highest BCUT2D eigenvalue weighted by atomic mass is 19.3. The number of piperidine rings is 1. The van der Waals surface area contributed by atoms with E-state index in [2.05, 4.69) is 22.7 Å².